The number of carbonyl (C=O) groups is 1. The summed E-state index contributed by atoms with van der Waals surface area (Å²) in [6.45, 7) is 4.79. The molecule has 0 aromatic heterocycles. The fourth-order valence-corrected chi connectivity index (χ4v) is 2.38. The first-order valence-corrected chi connectivity index (χ1v) is 5.82. The van der Waals surface area contributed by atoms with Crippen LogP contribution in [-0.4, -0.2) is 55.0 Å². The minimum absolute atomic E-state index is 0.0419. The fourth-order valence-electron chi connectivity index (χ4n) is 2.38. The third kappa shape index (κ3) is 2.66. The van der Waals surface area contributed by atoms with Gasteiger partial charge in [-0.05, 0) is 19.9 Å². The molecule has 1 amide bonds. The second kappa shape index (κ2) is 4.74. The molecule has 0 spiro atoms. The lowest BCUT2D eigenvalue weighted by atomic mass is 10.0. The van der Waals surface area contributed by atoms with Gasteiger partial charge in [-0.1, -0.05) is 0 Å². The number of hydrogen-bond donors (Lipinski definition) is 0. The van der Waals surface area contributed by atoms with Gasteiger partial charge in [0.2, 0.25) is 5.91 Å². The molecule has 2 saturated heterocycles. The average molecular weight is 243 g/mol. The monoisotopic (exact) mass is 243 g/mol. The highest BCUT2D eigenvalue weighted by Crippen LogP contribution is 2.29. The largest absolute Gasteiger partial charge is 0.376 e. The van der Waals surface area contributed by atoms with Crippen LogP contribution in [0, 0.1) is 0 Å². The Kier molecular flexibility index (Phi) is 3.49. The molecule has 2 aliphatic rings. The summed E-state index contributed by atoms with van der Waals surface area (Å²) in [6, 6.07) is -0.0419. The highest BCUT2D eigenvalue weighted by molar-refractivity contribution is 5.88. The predicted octanol–water partition coefficient (Wildman–Crippen LogP) is 0.917. The molecule has 0 aromatic rings. The predicted molar refractivity (Wildman–Crippen MR) is 60.4 cm³/mol. The molecule has 0 radical (unpaired) electrons. The number of morpholine rings is 1. The number of amides is 1. The third-order valence-electron chi connectivity index (χ3n) is 3.05. The Labute approximate surface area is 100 Å². The van der Waals surface area contributed by atoms with Crippen LogP contribution in [0.3, 0.4) is 0 Å². The van der Waals surface area contributed by atoms with E-state index in [9.17, 15) is 9.18 Å². The van der Waals surface area contributed by atoms with Gasteiger partial charge in [-0.3, -0.25) is 4.79 Å². The fraction of sp³-hybridized carbons (Fsp3) is 0.750. The van der Waals surface area contributed by atoms with Gasteiger partial charge >= 0.3 is 0 Å². The van der Waals surface area contributed by atoms with Gasteiger partial charge in [0.1, 0.15) is 12.8 Å². The maximum absolute atomic E-state index is 12.0. The van der Waals surface area contributed by atoms with Crippen molar-refractivity contribution in [1.29, 1.82) is 0 Å². The number of fused-ring (bicyclic) bond motifs is 1. The van der Waals surface area contributed by atoms with E-state index < -0.39 is 6.67 Å². The molecule has 96 valence electrons. The molecule has 2 fully saturated rings. The molecule has 0 aromatic carbocycles. The number of allylic oxidation sites excluding steroid dienone is 1. The van der Waals surface area contributed by atoms with E-state index in [1.165, 1.54) is 12.2 Å². The van der Waals surface area contributed by atoms with Crippen molar-refractivity contribution >= 4 is 5.91 Å². The van der Waals surface area contributed by atoms with Gasteiger partial charge in [-0.25, -0.2) is 4.39 Å². The second-order valence-electron chi connectivity index (χ2n) is 5.04. The Morgan fingerprint density at radius 2 is 2.29 bits per heavy atom. The molecule has 2 atom stereocenters. The lowest BCUT2D eigenvalue weighted by molar-refractivity contribution is -0.165. The highest BCUT2D eigenvalue weighted by atomic mass is 19.1. The van der Waals surface area contributed by atoms with E-state index in [0.717, 1.165) is 0 Å². The average Bonchev–Trinajstić information content (AvgIpc) is 2.70. The first-order valence-electron chi connectivity index (χ1n) is 5.82. The van der Waals surface area contributed by atoms with Crippen LogP contribution in [0.1, 0.15) is 13.8 Å². The van der Waals surface area contributed by atoms with Gasteiger partial charge in [0.05, 0.1) is 24.9 Å². The Bertz CT molecular complexity index is 330. The van der Waals surface area contributed by atoms with Gasteiger partial charge in [0, 0.05) is 12.6 Å². The summed E-state index contributed by atoms with van der Waals surface area (Å²) in [7, 11) is 0. The Balaban J connectivity index is 2.13. The van der Waals surface area contributed by atoms with Crippen LogP contribution in [0.25, 0.3) is 0 Å². The van der Waals surface area contributed by atoms with Crippen molar-refractivity contribution in [2.75, 3.05) is 26.4 Å². The van der Waals surface area contributed by atoms with E-state index in [1.54, 1.807) is 4.90 Å². The smallest absolute Gasteiger partial charge is 0.246 e. The van der Waals surface area contributed by atoms with E-state index >= 15 is 0 Å². The standard InChI is InChI=1S/C12H18FNO3/c1-12(2)8-14(11(15)4-3-5-13)9-6-16-7-10(9)17-12/h3-4,9-10H,5-8H2,1-2H3/b4-3+/t9-,10-/m1/s1. The van der Waals surface area contributed by atoms with Gasteiger partial charge in [0.25, 0.3) is 0 Å². The van der Waals surface area contributed by atoms with Crippen LogP contribution in [0.15, 0.2) is 12.2 Å². The molecule has 17 heavy (non-hydrogen) atoms. The zero-order valence-corrected chi connectivity index (χ0v) is 10.2. The summed E-state index contributed by atoms with van der Waals surface area (Å²) >= 11 is 0. The van der Waals surface area contributed by atoms with Gasteiger partial charge in [0.15, 0.2) is 0 Å². The van der Waals surface area contributed by atoms with Crippen LogP contribution >= 0.6 is 0 Å². The number of halogens is 1. The van der Waals surface area contributed by atoms with E-state index in [-0.39, 0.29) is 23.7 Å². The highest BCUT2D eigenvalue weighted by Gasteiger charge is 2.45. The van der Waals surface area contributed by atoms with Crippen LogP contribution in [0.5, 0.6) is 0 Å². The molecule has 4 nitrogen and oxygen atoms in total. The Hall–Kier alpha value is -0.940. The van der Waals surface area contributed by atoms with Gasteiger partial charge in [-0.2, -0.15) is 0 Å². The van der Waals surface area contributed by atoms with Gasteiger partial charge < -0.3 is 14.4 Å². The molecular weight excluding hydrogens is 225 g/mol. The number of hydrogen-bond acceptors (Lipinski definition) is 3. The van der Waals surface area contributed by atoms with Crippen LogP contribution in [0.4, 0.5) is 4.39 Å². The van der Waals surface area contributed by atoms with E-state index in [2.05, 4.69) is 0 Å². The summed E-state index contributed by atoms with van der Waals surface area (Å²) in [6.07, 6.45) is 2.45. The molecule has 0 N–H and O–H groups in total. The van der Waals surface area contributed by atoms with Crippen molar-refractivity contribution in [1.82, 2.24) is 4.90 Å². The third-order valence-corrected chi connectivity index (χ3v) is 3.05. The zero-order valence-electron chi connectivity index (χ0n) is 10.2. The van der Waals surface area contributed by atoms with Crippen LogP contribution in [0.2, 0.25) is 0 Å². The molecule has 0 aliphatic carbocycles. The summed E-state index contributed by atoms with van der Waals surface area (Å²) in [4.78, 5) is 13.7. The molecule has 0 saturated carbocycles. The molecule has 2 heterocycles. The number of carbonyl (C=O) groups excluding carboxylic acids is 1. The minimum Gasteiger partial charge on any atom is -0.376 e. The summed E-state index contributed by atoms with van der Waals surface area (Å²) < 4.78 is 23.3. The van der Waals surface area contributed by atoms with E-state index in [4.69, 9.17) is 9.47 Å². The van der Waals surface area contributed by atoms with Crippen molar-refractivity contribution in [3.05, 3.63) is 12.2 Å². The van der Waals surface area contributed by atoms with Crippen molar-refractivity contribution in [3.8, 4) is 0 Å². The topological polar surface area (TPSA) is 38.8 Å². The SMILES string of the molecule is CC1(C)CN(C(=O)/C=C/CF)[C@@H]2COC[C@H]2O1. The Morgan fingerprint density at radius 1 is 1.53 bits per heavy atom. The summed E-state index contributed by atoms with van der Waals surface area (Å²) in [5, 5.41) is 0. The first-order chi connectivity index (χ1) is 8.03. The normalized spacial score (nSPS) is 31.8. The molecule has 2 rings (SSSR count). The first kappa shape index (κ1) is 12.5. The van der Waals surface area contributed by atoms with Crippen molar-refractivity contribution in [2.24, 2.45) is 0 Å². The van der Waals surface area contributed by atoms with Gasteiger partial charge in [-0.15, -0.1) is 0 Å². The van der Waals surface area contributed by atoms with Crippen molar-refractivity contribution in [3.63, 3.8) is 0 Å². The van der Waals surface area contributed by atoms with E-state index in [0.29, 0.717) is 19.8 Å². The molecule has 5 heteroatoms. The quantitative estimate of drug-likeness (QED) is 0.677. The van der Waals surface area contributed by atoms with Crippen LogP contribution in [-0.2, 0) is 14.3 Å². The van der Waals surface area contributed by atoms with Crippen molar-refractivity contribution in [2.45, 2.75) is 31.6 Å². The maximum atomic E-state index is 12.0. The molecule has 0 unspecified atom stereocenters. The lowest BCUT2D eigenvalue weighted by Crippen LogP contribution is -2.59. The lowest BCUT2D eigenvalue weighted by Gasteiger charge is -2.44. The van der Waals surface area contributed by atoms with E-state index in [1.807, 2.05) is 13.8 Å². The zero-order chi connectivity index (χ0) is 12.5. The molecule has 2 aliphatic heterocycles. The molecular formula is C12H18FNO3. The van der Waals surface area contributed by atoms with Crippen molar-refractivity contribution < 1.29 is 18.7 Å². The maximum Gasteiger partial charge on any atom is 0.246 e. The van der Waals surface area contributed by atoms with Crippen LogP contribution < -0.4 is 0 Å². The second-order valence-corrected chi connectivity index (χ2v) is 5.04. The number of nitrogens with zero attached hydrogens (tertiary/aromatic N) is 1. The number of alkyl halides is 1. The Morgan fingerprint density at radius 3 is 3.00 bits per heavy atom. The minimum atomic E-state index is -0.621. The number of rotatable bonds is 2. The molecule has 0 bridgehead atoms. The number of ether oxygens (including phenoxy) is 2. The summed E-state index contributed by atoms with van der Waals surface area (Å²) in [5.41, 5.74) is -0.381. The summed E-state index contributed by atoms with van der Waals surface area (Å²) in [5.74, 6) is -0.167.